The Morgan fingerprint density at radius 3 is 3.00 bits per heavy atom. The number of rotatable bonds is 3. The third kappa shape index (κ3) is 2.03. The lowest BCUT2D eigenvalue weighted by atomic mass is 10.1. The normalized spacial score (nSPS) is 25.1. The van der Waals surface area contributed by atoms with Crippen molar-refractivity contribution in [3.63, 3.8) is 0 Å². The Labute approximate surface area is 66.5 Å². The van der Waals surface area contributed by atoms with Crippen molar-refractivity contribution in [1.29, 1.82) is 0 Å². The van der Waals surface area contributed by atoms with Gasteiger partial charge in [-0.1, -0.05) is 12.2 Å². The zero-order chi connectivity index (χ0) is 7.40. The quantitative estimate of drug-likeness (QED) is 0.632. The SMILES string of the molecule is C=C(CCO)C1CCCS1. The molecule has 1 heterocycles. The van der Waals surface area contributed by atoms with Gasteiger partial charge in [-0.25, -0.2) is 0 Å². The highest BCUT2D eigenvalue weighted by atomic mass is 32.2. The van der Waals surface area contributed by atoms with Crippen LogP contribution in [0.15, 0.2) is 12.2 Å². The van der Waals surface area contributed by atoms with Crippen molar-refractivity contribution in [1.82, 2.24) is 0 Å². The summed E-state index contributed by atoms with van der Waals surface area (Å²) < 4.78 is 0. The van der Waals surface area contributed by atoms with Gasteiger partial charge in [0.15, 0.2) is 0 Å². The van der Waals surface area contributed by atoms with Gasteiger partial charge in [-0.2, -0.15) is 11.8 Å². The van der Waals surface area contributed by atoms with Crippen LogP contribution in [0.25, 0.3) is 0 Å². The molecule has 1 rings (SSSR count). The summed E-state index contributed by atoms with van der Waals surface area (Å²) >= 11 is 1.98. The van der Waals surface area contributed by atoms with Crippen LogP contribution in [-0.4, -0.2) is 22.7 Å². The summed E-state index contributed by atoms with van der Waals surface area (Å²) in [5, 5.41) is 9.27. The second kappa shape index (κ2) is 4.04. The monoisotopic (exact) mass is 158 g/mol. The van der Waals surface area contributed by atoms with Crippen LogP contribution in [0.5, 0.6) is 0 Å². The van der Waals surface area contributed by atoms with Gasteiger partial charge in [0.25, 0.3) is 0 Å². The first-order valence-electron chi connectivity index (χ1n) is 3.74. The van der Waals surface area contributed by atoms with Crippen LogP contribution >= 0.6 is 11.8 Å². The molecule has 1 aliphatic rings. The first-order chi connectivity index (χ1) is 4.84. The van der Waals surface area contributed by atoms with Crippen molar-refractivity contribution in [3.8, 4) is 0 Å². The number of hydrogen-bond acceptors (Lipinski definition) is 2. The van der Waals surface area contributed by atoms with Gasteiger partial charge in [-0.05, 0) is 25.0 Å². The van der Waals surface area contributed by atoms with Gasteiger partial charge in [0, 0.05) is 11.9 Å². The Morgan fingerprint density at radius 1 is 1.70 bits per heavy atom. The van der Waals surface area contributed by atoms with Crippen LogP contribution in [0, 0.1) is 0 Å². The van der Waals surface area contributed by atoms with Crippen molar-refractivity contribution >= 4 is 11.8 Å². The molecule has 1 unspecified atom stereocenters. The molecular weight excluding hydrogens is 144 g/mol. The largest absolute Gasteiger partial charge is 0.396 e. The van der Waals surface area contributed by atoms with E-state index in [0.29, 0.717) is 5.25 Å². The fourth-order valence-corrected chi connectivity index (χ4v) is 2.51. The molecule has 0 spiro atoms. The molecule has 0 bridgehead atoms. The van der Waals surface area contributed by atoms with Gasteiger partial charge in [0.2, 0.25) is 0 Å². The summed E-state index contributed by atoms with van der Waals surface area (Å²) in [6.45, 7) is 4.21. The summed E-state index contributed by atoms with van der Waals surface area (Å²) in [4.78, 5) is 0. The minimum Gasteiger partial charge on any atom is -0.396 e. The third-order valence-corrected chi connectivity index (χ3v) is 3.31. The molecule has 0 aromatic heterocycles. The zero-order valence-corrected chi connectivity index (χ0v) is 6.99. The van der Waals surface area contributed by atoms with E-state index in [0.717, 1.165) is 6.42 Å². The lowest BCUT2D eigenvalue weighted by Crippen LogP contribution is -2.01. The molecule has 1 saturated heterocycles. The average Bonchev–Trinajstić information content (AvgIpc) is 2.38. The Kier molecular flexibility index (Phi) is 3.29. The third-order valence-electron chi connectivity index (χ3n) is 1.82. The fourth-order valence-electron chi connectivity index (χ4n) is 1.20. The lowest BCUT2D eigenvalue weighted by Gasteiger charge is -2.09. The van der Waals surface area contributed by atoms with Crippen LogP contribution in [0.2, 0.25) is 0 Å². The van der Waals surface area contributed by atoms with E-state index >= 15 is 0 Å². The first kappa shape index (κ1) is 8.15. The summed E-state index contributed by atoms with van der Waals surface area (Å²) in [6.07, 6.45) is 3.38. The van der Waals surface area contributed by atoms with E-state index in [9.17, 15) is 0 Å². The second-order valence-electron chi connectivity index (χ2n) is 2.63. The molecular formula is C8H14OS. The highest BCUT2D eigenvalue weighted by molar-refractivity contribution is 8.00. The topological polar surface area (TPSA) is 20.2 Å². The van der Waals surface area contributed by atoms with E-state index < -0.39 is 0 Å². The van der Waals surface area contributed by atoms with Gasteiger partial charge >= 0.3 is 0 Å². The molecule has 2 heteroatoms. The molecule has 0 radical (unpaired) electrons. The Morgan fingerprint density at radius 2 is 2.50 bits per heavy atom. The first-order valence-corrected chi connectivity index (χ1v) is 4.79. The highest BCUT2D eigenvalue weighted by Crippen LogP contribution is 2.31. The number of thioether (sulfide) groups is 1. The van der Waals surface area contributed by atoms with E-state index in [1.807, 2.05) is 11.8 Å². The summed E-state index contributed by atoms with van der Waals surface area (Å²) in [5.74, 6) is 1.27. The minimum absolute atomic E-state index is 0.260. The molecule has 58 valence electrons. The maximum absolute atomic E-state index is 8.63. The molecule has 0 amide bonds. The summed E-state index contributed by atoms with van der Waals surface area (Å²) in [6, 6.07) is 0. The lowest BCUT2D eigenvalue weighted by molar-refractivity contribution is 0.298. The zero-order valence-electron chi connectivity index (χ0n) is 6.18. The van der Waals surface area contributed by atoms with Crippen molar-refractivity contribution in [2.45, 2.75) is 24.5 Å². The van der Waals surface area contributed by atoms with Crippen LogP contribution < -0.4 is 0 Å². The summed E-state index contributed by atoms with van der Waals surface area (Å²) in [7, 11) is 0. The van der Waals surface area contributed by atoms with Gasteiger partial charge in [-0.15, -0.1) is 0 Å². The van der Waals surface area contributed by atoms with Crippen molar-refractivity contribution in [2.24, 2.45) is 0 Å². The van der Waals surface area contributed by atoms with Crippen LogP contribution in [0.4, 0.5) is 0 Å². The van der Waals surface area contributed by atoms with Crippen LogP contribution in [0.1, 0.15) is 19.3 Å². The van der Waals surface area contributed by atoms with Gasteiger partial charge < -0.3 is 5.11 Å². The summed E-state index contributed by atoms with van der Waals surface area (Å²) in [5.41, 5.74) is 1.23. The molecule has 1 atom stereocenters. The maximum atomic E-state index is 8.63. The van der Waals surface area contributed by atoms with Crippen LogP contribution in [-0.2, 0) is 0 Å². The average molecular weight is 158 g/mol. The van der Waals surface area contributed by atoms with Gasteiger partial charge in [0.05, 0.1) is 0 Å². The minimum atomic E-state index is 0.260. The Hall–Kier alpha value is 0.0500. The van der Waals surface area contributed by atoms with E-state index in [-0.39, 0.29) is 6.61 Å². The molecule has 0 aromatic carbocycles. The Bertz CT molecular complexity index is 116. The molecule has 1 nitrogen and oxygen atoms in total. The predicted molar refractivity (Wildman–Crippen MR) is 46.3 cm³/mol. The molecule has 10 heavy (non-hydrogen) atoms. The van der Waals surface area contributed by atoms with Crippen molar-refractivity contribution in [3.05, 3.63) is 12.2 Å². The maximum Gasteiger partial charge on any atom is 0.0468 e. The van der Waals surface area contributed by atoms with E-state index in [2.05, 4.69) is 6.58 Å². The predicted octanol–water partition coefficient (Wildman–Crippen LogP) is 1.82. The molecule has 1 aliphatic heterocycles. The molecule has 0 saturated carbocycles. The number of aliphatic hydroxyl groups is 1. The molecule has 0 aromatic rings. The van der Waals surface area contributed by atoms with E-state index in [1.54, 1.807) is 0 Å². The Balaban J connectivity index is 2.25. The number of aliphatic hydroxyl groups excluding tert-OH is 1. The van der Waals surface area contributed by atoms with Crippen LogP contribution in [0.3, 0.4) is 0 Å². The fraction of sp³-hybridized carbons (Fsp3) is 0.750. The van der Waals surface area contributed by atoms with Crippen molar-refractivity contribution < 1.29 is 5.11 Å². The smallest absolute Gasteiger partial charge is 0.0468 e. The second-order valence-corrected chi connectivity index (χ2v) is 3.94. The van der Waals surface area contributed by atoms with Gasteiger partial charge in [-0.3, -0.25) is 0 Å². The molecule has 1 fully saturated rings. The van der Waals surface area contributed by atoms with E-state index in [4.69, 9.17) is 5.11 Å². The molecule has 1 N–H and O–H groups in total. The van der Waals surface area contributed by atoms with E-state index in [1.165, 1.54) is 24.2 Å². The molecule has 0 aliphatic carbocycles. The van der Waals surface area contributed by atoms with Crippen molar-refractivity contribution in [2.75, 3.05) is 12.4 Å². The van der Waals surface area contributed by atoms with Gasteiger partial charge in [0.1, 0.15) is 0 Å². The number of hydrogen-bond donors (Lipinski definition) is 1. The standard InChI is InChI=1S/C8H14OS/c1-7(4-5-9)8-3-2-6-10-8/h8-9H,1-6H2. The highest BCUT2D eigenvalue weighted by Gasteiger charge is 2.17.